The first-order chi connectivity index (χ1) is 17.6. The lowest BCUT2D eigenvalue weighted by atomic mass is 9.82. The summed E-state index contributed by atoms with van der Waals surface area (Å²) in [5.74, 6) is -3.77. The van der Waals surface area contributed by atoms with Crippen molar-refractivity contribution in [3.05, 3.63) is 48.3 Å². The molecule has 37 heavy (non-hydrogen) atoms. The van der Waals surface area contributed by atoms with Gasteiger partial charge in [-0.1, -0.05) is 6.08 Å². The van der Waals surface area contributed by atoms with Gasteiger partial charge in [-0.15, -0.1) is 6.58 Å². The Morgan fingerprint density at radius 1 is 1.08 bits per heavy atom. The number of methoxy groups -OCH3 is 1. The quantitative estimate of drug-likeness (QED) is 0.134. The van der Waals surface area contributed by atoms with Gasteiger partial charge in [0.2, 0.25) is 6.29 Å². The van der Waals surface area contributed by atoms with Crippen molar-refractivity contribution in [2.24, 2.45) is 11.8 Å². The highest BCUT2D eigenvalue weighted by atomic mass is 16.8. The van der Waals surface area contributed by atoms with Crippen LogP contribution in [0.4, 0.5) is 0 Å². The molecule has 0 unspecified atom stereocenters. The van der Waals surface area contributed by atoms with E-state index in [1.54, 1.807) is 0 Å². The molecule has 6 N–H and O–H groups in total. The van der Waals surface area contributed by atoms with Crippen molar-refractivity contribution in [1.82, 2.24) is 0 Å². The van der Waals surface area contributed by atoms with Gasteiger partial charge < -0.3 is 54.3 Å². The van der Waals surface area contributed by atoms with Crippen LogP contribution in [0.3, 0.4) is 0 Å². The number of aliphatic hydroxyl groups is 4. The van der Waals surface area contributed by atoms with Gasteiger partial charge >= 0.3 is 11.9 Å². The Labute approximate surface area is 211 Å². The van der Waals surface area contributed by atoms with Gasteiger partial charge in [0.05, 0.1) is 32.2 Å². The number of hydrogen-bond donors (Lipinski definition) is 6. The lowest BCUT2D eigenvalue weighted by molar-refractivity contribution is -0.339. The molecule has 1 saturated heterocycles. The van der Waals surface area contributed by atoms with E-state index in [1.807, 2.05) is 0 Å². The first-order valence-electron chi connectivity index (χ1n) is 11.3. The predicted molar refractivity (Wildman–Crippen MR) is 122 cm³/mol. The number of hydrogen-bond acceptors (Lipinski definition) is 13. The van der Waals surface area contributed by atoms with Crippen LogP contribution in [0.5, 0.6) is 11.5 Å². The van der Waals surface area contributed by atoms with Crippen LogP contribution < -0.4 is 0 Å². The molecule has 0 spiro atoms. The number of aliphatic hydroxyl groups excluding tert-OH is 4. The van der Waals surface area contributed by atoms with E-state index in [2.05, 4.69) is 6.58 Å². The summed E-state index contributed by atoms with van der Waals surface area (Å²) in [5.41, 5.74) is -0.169. The van der Waals surface area contributed by atoms with Gasteiger partial charge in [0, 0.05) is 11.8 Å². The predicted octanol–water partition coefficient (Wildman–Crippen LogP) is -0.707. The fourth-order valence-electron chi connectivity index (χ4n) is 4.13. The van der Waals surface area contributed by atoms with E-state index in [1.165, 1.54) is 19.3 Å². The van der Waals surface area contributed by atoms with Crippen molar-refractivity contribution in [3.63, 3.8) is 0 Å². The fourth-order valence-corrected chi connectivity index (χ4v) is 4.13. The highest BCUT2D eigenvalue weighted by molar-refractivity contribution is 5.93. The van der Waals surface area contributed by atoms with Gasteiger partial charge in [0.1, 0.15) is 41.5 Å². The summed E-state index contributed by atoms with van der Waals surface area (Å²) in [4.78, 5) is 24.8. The monoisotopic (exact) mass is 526 g/mol. The molecule has 2 aliphatic rings. The molecular weight excluding hydrogens is 496 g/mol. The molecule has 2 aliphatic heterocycles. The van der Waals surface area contributed by atoms with Crippen molar-refractivity contribution in [1.29, 1.82) is 0 Å². The second-order valence-corrected chi connectivity index (χ2v) is 8.45. The summed E-state index contributed by atoms with van der Waals surface area (Å²) < 4.78 is 26.6. The number of carbonyl (C=O) groups excluding carboxylic acids is 2. The molecule has 1 aromatic rings. The van der Waals surface area contributed by atoms with Crippen molar-refractivity contribution in [2.75, 3.05) is 20.3 Å². The van der Waals surface area contributed by atoms with E-state index in [9.17, 15) is 40.2 Å². The molecule has 0 radical (unpaired) electrons. The van der Waals surface area contributed by atoms with Crippen LogP contribution in [0.15, 0.2) is 42.7 Å². The third kappa shape index (κ3) is 6.21. The first-order valence-corrected chi connectivity index (χ1v) is 11.3. The van der Waals surface area contributed by atoms with E-state index < -0.39 is 67.4 Å². The zero-order valence-electron chi connectivity index (χ0n) is 19.9. The maximum Gasteiger partial charge on any atom is 0.342 e. The first kappa shape index (κ1) is 28.4. The summed E-state index contributed by atoms with van der Waals surface area (Å²) in [6, 6.07) is 3.38. The second-order valence-electron chi connectivity index (χ2n) is 8.45. The third-order valence-corrected chi connectivity index (χ3v) is 6.18. The highest BCUT2D eigenvalue weighted by Gasteiger charge is 2.47. The zero-order chi connectivity index (χ0) is 27.3. The zero-order valence-corrected chi connectivity index (χ0v) is 19.9. The van der Waals surface area contributed by atoms with Crippen molar-refractivity contribution in [3.8, 4) is 11.5 Å². The number of rotatable bonds is 9. The summed E-state index contributed by atoms with van der Waals surface area (Å²) in [7, 11) is 1.17. The van der Waals surface area contributed by atoms with Gasteiger partial charge in [-0.3, -0.25) is 0 Å². The number of phenols is 2. The maximum absolute atomic E-state index is 12.4. The van der Waals surface area contributed by atoms with E-state index in [4.69, 9.17) is 23.7 Å². The minimum atomic E-state index is -1.69. The normalized spacial score (nSPS) is 31.5. The number of phenolic OH excluding ortho intramolecular Hbond substituents is 2. The van der Waals surface area contributed by atoms with Crippen molar-refractivity contribution < 1.29 is 63.9 Å². The summed E-state index contributed by atoms with van der Waals surface area (Å²) in [5, 5.41) is 59.1. The molecule has 1 fully saturated rings. The molecule has 0 aromatic heterocycles. The number of ether oxygens (including phenoxy) is 5. The van der Waals surface area contributed by atoms with Crippen LogP contribution in [0.2, 0.25) is 0 Å². The van der Waals surface area contributed by atoms with Crippen LogP contribution in [0, 0.1) is 11.8 Å². The summed E-state index contributed by atoms with van der Waals surface area (Å²) >= 11 is 0. The second kappa shape index (κ2) is 12.4. The Balaban J connectivity index is 1.75. The molecule has 8 atom stereocenters. The minimum Gasteiger partial charge on any atom is -0.508 e. The van der Waals surface area contributed by atoms with Gasteiger partial charge in [-0.2, -0.15) is 0 Å². The van der Waals surface area contributed by atoms with E-state index in [0.717, 1.165) is 18.4 Å². The highest BCUT2D eigenvalue weighted by Crippen LogP contribution is 2.37. The molecule has 1 aromatic carbocycles. The van der Waals surface area contributed by atoms with E-state index in [-0.39, 0.29) is 35.7 Å². The van der Waals surface area contributed by atoms with Crippen LogP contribution in [-0.4, -0.2) is 99.9 Å². The molecule has 0 bridgehead atoms. The smallest absolute Gasteiger partial charge is 0.342 e. The molecule has 13 heteroatoms. The van der Waals surface area contributed by atoms with Gasteiger partial charge in [-0.05, 0) is 24.6 Å². The van der Waals surface area contributed by atoms with Gasteiger partial charge in [-0.25, -0.2) is 9.59 Å². The molecule has 0 saturated carbocycles. The largest absolute Gasteiger partial charge is 0.508 e. The maximum atomic E-state index is 12.4. The Kier molecular flexibility index (Phi) is 9.48. The average Bonchev–Trinajstić information content (AvgIpc) is 2.89. The topological polar surface area (TPSA) is 202 Å². The lowest BCUT2D eigenvalue weighted by Crippen LogP contribution is -2.60. The fraction of sp³-hybridized carbons (Fsp3) is 0.500. The standard InChI is InChI=1S/C24H30O13/c1-3-12-13(6-7-34-22(32)14-8-11(26)4-5-16(14)27)15(21(31)33-2)10-35-23(12)37-24-20(30)19(29)18(28)17(9-25)36-24/h3-5,8,10,12-13,17-20,23-30H,1,6-7,9H2,2H3/t12-,13+,17-,18-,19+,20+,23+,24-/m1/s1. The Morgan fingerprint density at radius 3 is 2.46 bits per heavy atom. The van der Waals surface area contributed by atoms with E-state index in [0.29, 0.717) is 0 Å². The number of esters is 2. The molecule has 3 rings (SSSR count). The van der Waals surface area contributed by atoms with Crippen molar-refractivity contribution >= 4 is 11.9 Å². The molecule has 13 nitrogen and oxygen atoms in total. The van der Waals surface area contributed by atoms with Crippen LogP contribution >= 0.6 is 0 Å². The summed E-state index contributed by atoms with van der Waals surface area (Å²) in [6.07, 6.45) is -6.32. The number of carbonyl (C=O) groups is 2. The lowest BCUT2D eigenvalue weighted by Gasteiger charge is -2.43. The molecule has 0 aliphatic carbocycles. The molecule has 204 valence electrons. The Morgan fingerprint density at radius 2 is 1.81 bits per heavy atom. The van der Waals surface area contributed by atoms with Crippen LogP contribution in [-0.2, 0) is 28.5 Å². The third-order valence-electron chi connectivity index (χ3n) is 6.18. The summed E-state index contributed by atoms with van der Waals surface area (Å²) in [6.45, 7) is 2.86. The molecular formula is C24H30O13. The Hall–Kier alpha value is -3.20. The van der Waals surface area contributed by atoms with Crippen molar-refractivity contribution in [2.45, 2.75) is 43.4 Å². The van der Waals surface area contributed by atoms with Crippen LogP contribution in [0.25, 0.3) is 0 Å². The van der Waals surface area contributed by atoms with Gasteiger partial charge in [0.15, 0.2) is 6.29 Å². The average molecular weight is 526 g/mol. The molecule has 0 amide bonds. The Bertz CT molecular complexity index is 1010. The number of aromatic hydroxyl groups is 2. The van der Waals surface area contributed by atoms with E-state index >= 15 is 0 Å². The van der Waals surface area contributed by atoms with Crippen LogP contribution in [0.1, 0.15) is 16.8 Å². The minimum absolute atomic E-state index is 0.0425. The van der Waals surface area contributed by atoms with Gasteiger partial charge in [0.25, 0.3) is 0 Å². The number of benzene rings is 1. The molecule has 2 heterocycles. The SMILES string of the molecule is C=C[C@H]1[C@H](O[C@H]2O[C@H](CO)[C@@H](O)[C@H](O)[C@@H]2O)OC=C(C(=O)OC)[C@H]1CCOC(=O)c1cc(O)ccc1O.